The van der Waals surface area contributed by atoms with Crippen molar-refractivity contribution >= 4 is 0 Å². The van der Waals surface area contributed by atoms with Gasteiger partial charge in [0.2, 0.25) is 0 Å². The van der Waals surface area contributed by atoms with Gasteiger partial charge in [0, 0.05) is 12.2 Å². The Morgan fingerprint density at radius 1 is 1.25 bits per heavy atom. The fourth-order valence-corrected chi connectivity index (χ4v) is 2.57. The third-order valence-electron chi connectivity index (χ3n) is 3.55. The normalized spacial score (nSPS) is 20.4. The lowest BCUT2D eigenvalue weighted by Gasteiger charge is -2.21. The van der Waals surface area contributed by atoms with E-state index in [1.165, 1.54) is 38.5 Å². The Morgan fingerprint density at radius 2 is 1.94 bits per heavy atom. The number of hydrogen-bond acceptors (Lipinski definition) is 3. The smallest absolute Gasteiger partial charge is 0.125 e. The van der Waals surface area contributed by atoms with Gasteiger partial charge in [-0.3, -0.25) is 0 Å². The molecule has 1 aromatic rings. The SMILES string of the molecule is Cc1nccc(C(N)C2CCCCCC2)n1. The standard InChI is InChI=1S/C13H21N3/c1-10-15-9-8-12(16-10)13(14)11-6-4-2-3-5-7-11/h8-9,11,13H,2-7,14H2,1H3. The molecular formula is C13H21N3. The van der Waals surface area contributed by atoms with Crippen molar-refractivity contribution in [1.29, 1.82) is 0 Å². The molecule has 2 N–H and O–H groups in total. The van der Waals surface area contributed by atoms with Gasteiger partial charge in [-0.25, -0.2) is 9.97 Å². The summed E-state index contributed by atoms with van der Waals surface area (Å²) >= 11 is 0. The lowest BCUT2D eigenvalue weighted by molar-refractivity contribution is 0.376. The maximum Gasteiger partial charge on any atom is 0.125 e. The molecule has 0 aromatic carbocycles. The van der Waals surface area contributed by atoms with Crippen LogP contribution in [0.3, 0.4) is 0 Å². The minimum absolute atomic E-state index is 0.0970. The zero-order chi connectivity index (χ0) is 11.4. The molecule has 16 heavy (non-hydrogen) atoms. The summed E-state index contributed by atoms with van der Waals surface area (Å²) in [4.78, 5) is 8.56. The lowest BCUT2D eigenvalue weighted by atomic mass is 9.90. The van der Waals surface area contributed by atoms with Crippen molar-refractivity contribution in [3.8, 4) is 0 Å². The third-order valence-corrected chi connectivity index (χ3v) is 3.55. The van der Waals surface area contributed by atoms with Gasteiger partial charge in [-0.15, -0.1) is 0 Å². The Morgan fingerprint density at radius 3 is 2.56 bits per heavy atom. The van der Waals surface area contributed by atoms with Crippen LogP contribution in [0.15, 0.2) is 12.3 Å². The average molecular weight is 219 g/mol. The van der Waals surface area contributed by atoms with Crippen LogP contribution in [-0.2, 0) is 0 Å². The molecule has 0 bridgehead atoms. The number of nitrogens with zero attached hydrogens (tertiary/aromatic N) is 2. The Hall–Kier alpha value is -0.960. The van der Waals surface area contributed by atoms with E-state index >= 15 is 0 Å². The summed E-state index contributed by atoms with van der Waals surface area (Å²) in [6.45, 7) is 1.92. The van der Waals surface area contributed by atoms with Gasteiger partial charge in [0.15, 0.2) is 0 Å². The Bertz CT molecular complexity index is 330. The highest BCUT2D eigenvalue weighted by atomic mass is 14.9. The molecule has 1 atom stereocenters. The van der Waals surface area contributed by atoms with Crippen molar-refractivity contribution in [1.82, 2.24) is 9.97 Å². The number of nitrogens with two attached hydrogens (primary N) is 1. The molecule has 1 saturated carbocycles. The van der Waals surface area contributed by atoms with E-state index in [4.69, 9.17) is 5.73 Å². The van der Waals surface area contributed by atoms with E-state index in [1.54, 1.807) is 0 Å². The minimum atomic E-state index is 0.0970. The van der Waals surface area contributed by atoms with Crippen LogP contribution in [0, 0.1) is 12.8 Å². The Kier molecular flexibility index (Phi) is 3.88. The fourth-order valence-electron chi connectivity index (χ4n) is 2.57. The van der Waals surface area contributed by atoms with Crippen LogP contribution >= 0.6 is 0 Å². The quantitative estimate of drug-likeness (QED) is 0.778. The molecule has 0 aliphatic heterocycles. The Balaban J connectivity index is 2.07. The molecule has 1 aliphatic carbocycles. The maximum atomic E-state index is 6.32. The van der Waals surface area contributed by atoms with Crippen molar-refractivity contribution in [2.24, 2.45) is 11.7 Å². The predicted octanol–water partition coefficient (Wildman–Crippen LogP) is 2.76. The molecule has 1 fully saturated rings. The van der Waals surface area contributed by atoms with E-state index in [0.29, 0.717) is 5.92 Å². The molecule has 2 rings (SSSR count). The van der Waals surface area contributed by atoms with Crippen LogP contribution in [0.25, 0.3) is 0 Å². The summed E-state index contributed by atoms with van der Waals surface area (Å²) in [5.41, 5.74) is 7.33. The van der Waals surface area contributed by atoms with Gasteiger partial charge in [-0.1, -0.05) is 25.7 Å². The van der Waals surface area contributed by atoms with Crippen molar-refractivity contribution in [2.75, 3.05) is 0 Å². The first-order valence-corrected chi connectivity index (χ1v) is 6.32. The van der Waals surface area contributed by atoms with Crippen molar-refractivity contribution in [3.05, 3.63) is 23.8 Å². The molecule has 0 spiro atoms. The van der Waals surface area contributed by atoms with Crippen LogP contribution in [0.4, 0.5) is 0 Å². The molecule has 0 radical (unpaired) electrons. The second-order valence-corrected chi connectivity index (χ2v) is 4.81. The molecular weight excluding hydrogens is 198 g/mol. The topological polar surface area (TPSA) is 51.8 Å². The van der Waals surface area contributed by atoms with E-state index in [0.717, 1.165) is 11.5 Å². The first-order chi connectivity index (χ1) is 7.77. The van der Waals surface area contributed by atoms with Gasteiger partial charge >= 0.3 is 0 Å². The predicted molar refractivity (Wildman–Crippen MR) is 64.9 cm³/mol. The fraction of sp³-hybridized carbons (Fsp3) is 0.692. The summed E-state index contributed by atoms with van der Waals surface area (Å²) in [6.07, 6.45) is 9.70. The molecule has 0 amide bonds. The lowest BCUT2D eigenvalue weighted by Crippen LogP contribution is -2.22. The number of hydrogen-bond donors (Lipinski definition) is 1. The highest BCUT2D eigenvalue weighted by Crippen LogP contribution is 2.31. The van der Waals surface area contributed by atoms with Crippen LogP contribution in [-0.4, -0.2) is 9.97 Å². The van der Waals surface area contributed by atoms with Crippen molar-refractivity contribution < 1.29 is 0 Å². The summed E-state index contributed by atoms with van der Waals surface area (Å²) in [6, 6.07) is 2.06. The molecule has 1 heterocycles. The monoisotopic (exact) mass is 219 g/mol. The molecule has 0 saturated heterocycles. The summed E-state index contributed by atoms with van der Waals surface area (Å²) < 4.78 is 0. The van der Waals surface area contributed by atoms with Crippen LogP contribution in [0.1, 0.15) is 56.1 Å². The molecule has 1 aliphatic rings. The van der Waals surface area contributed by atoms with Crippen molar-refractivity contribution in [3.63, 3.8) is 0 Å². The van der Waals surface area contributed by atoms with E-state index < -0.39 is 0 Å². The third kappa shape index (κ3) is 2.79. The Labute approximate surface area is 97.5 Å². The minimum Gasteiger partial charge on any atom is -0.322 e. The van der Waals surface area contributed by atoms with Gasteiger partial charge in [0.1, 0.15) is 5.82 Å². The van der Waals surface area contributed by atoms with Crippen LogP contribution in [0.5, 0.6) is 0 Å². The summed E-state index contributed by atoms with van der Waals surface area (Å²) in [7, 11) is 0. The highest BCUT2D eigenvalue weighted by molar-refractivity contribution is 5.08. The second kappa shape index (κ2) is 5.39. The first kappa shape index (κ1) is 11.5. The van der Waals surface area contributed by atoms with Gasteiger partial charge < -0.3 is 5.73 Å². The van der Waals surface area contributed by atoms with Gasteiger partial charge in [0.25, 0.3) is 0 Å². The van der Waals surface area contributed by atoms with Crippen molar-refractivity contribution in [2.45, 2.75) is 51.5 Å². The van der Waals surface area contributed by atoms with Crippen LogP contribution in [0.2, 0.25) is 0 Å². The highest BCUT2D eigenvalue weighted by Gasteiger charge is 2.21. The van der Waals surface area contributed by atoms with Gasteiger partial charge in [-0.2, -0.15) is 0 Å². The number of aryl methyl sites for hydroxylation is 1. The van der Waals surface area contributed by atoms with E-state index in [1.807, 2.05) is 19.2 Å². The molecule has 1 aromatic heterocycles. The summed E-state index contributed by atoms with van der Waals surface area (Å²) in [5, 5.41) is 0. The first-order valence-electron chi connectivity index (χ1n) is 6.32. The summed E-state index contributed by atoms with van der Waals surface area (Å²) in [5.74, 6) is 1.43. The second-order valence-electron chi connectivity index (χ2n) is 4.81. The van der Waals surface area contributed by atoms with Gasteiger partial charge in [0.05, 0.1) is 5.69 Å². The maximum absolute atomic E-state index is 6.32. The largest absolute Gasteiger partial charge is 0.322 e. The van der Waals surface area contributed by atoms with E-state index in [2.05, 4.69) is 9.97 Å². The molecule has 3 heteroatoms. The molecule has 88 valence electrons. The molecule has 3 nitrogen and oxygen atoms in total. The van der Waals surface area contributed by atoms with Gasteiger partial charge in [-0.05, 0) is 31.7 Å². The average Bonchev–Trinajstić information content (AvgIpc) is 2.56. The number of aromatic nitrogens is 2. The van der Waals surface area contributed by atoms with Crippen LogP contribution < -0.4 is 5.73 Å². The van der Waals surface area contributed by atoms with E-state index in [9.17, 15) is 0 Å². The number of rotatable bonds is 2. The molecule has 1 unspecified atom stereocenters. The zero-order valence-corrected chi connectivity index (χ0v) is 10.0. The van der Waals surface area contributed by atoms with E-state index in [-0.39, 0.29) is 6.04 Å². The zero-order valence-electron chi connectivity index (χ0n) is 10.0.